The van der Waals surface area contributed by atoms with Gasteiger partial charge in [-0.2, -0.15) is 5.10 Å². The van der Waals surface area contributed by atoms with Gasteiger partial charge in [-0.1, -0.05) is 11.6 Å². The molecule has 7 nitrogen and oxygen atoms in total. The summed E-state index contributed by atoms with van der Waals surface area (Å²) in [6, 6.07) is 12.0. The number of halogens is 1. The van der Waals surface area contributed by atoms with Crippen molar-refractivity contribution in [1.29, 1.82) is 0 Å². The summed E-state index contributed by atoms with van der Waals surface area (Å²) in [5.41, 5.74) is 1.65. The molecule has 3 heterocycles. The molecule has 2 aromatic heterocycles. The lowest BCUT2D eigenvalue weighted by Gasteiger charge is -2.43. The van der Waals surface area contributed by atoms with Crippen LogP contribution in [0.3, 0.4) is 0 Å². The third kappa shape index (κ3) is 3.93. The maximum atomic E-state index is 12.4. The van der Waals surface area contributed by atoms with E-state index in [0.29, 0.717) is 16.7 Å². The van der Waals surface area contributed by atoms with Gasteiger partial charge in [0.15, 0.2) is 5.82 Å². The zero-order chi connectivity index (χ0) is 20.5. The van der Waals surface area contributed by atoms with Gasteiger partial charge >= 0.3 is 0 Å². The van der Waals surface area contributed by atoms with Crippen LogP contribution in [-0.4, -0.2) is 58.9 Å². The maximum absolute atomic E-state index is 12.4. The molecule has 29 heavy (non-hydrogen) atoms. The van der Waals surface area contributed by atoms with Crippen LogP contribution in [0.2, 0.25) is 5.02 Å². The van der Waals surface area contributed by atoms with Gasteiger partial charge in [0, 0.05) is 49.1 Å². The van der Waals surface area contributed by atoms with Crippen molar-refractivity contribution in [2.75, 3.05) is 37.4 Å². The first-order valence-corrected chi connectivity index (χ1v) is 10.1. The number of anilines is 2. The molecule has 0 radical (unpaired) electrons. The monoisotopic (exact) mass is 412 g/mol. The Morgan fingerprint density at radius 3 is 2.69 bits per heavy atom. The molecule has 0 amide bonds. The van der Waals surface area contributed by atoms with Crippen LogP contribution in [0.1, 0.15) is 6.42 Å². The van der Waals surface area contributed by atoms with E-state index in [1.165, 1.54) is 10.4 Å². The van der Waals surface area contributed by atoms with Gasteiger partial charge in [-0.15, -0.1) is 0 Å². The summed E-state index contributed by atoms with van der Waals surface area (Å²) in [4.78, 5) is 21.4. The maximum Gasteiger partial charge on any atom is 0.276 e. The Kier molecular flexibility index (Phi) is 5.43. The van der Waals surface area contributed by atoms with Crippen LogP contribution in [0.15, 0.2) is 47.4 Å². The van der Waals surface area contributed by atoms with Crippen LogP contribution in [0.4, 0.5) is 11.5 Å². The number of rotatable bonds is 4. The Balaban J connectivity index is 1.61. The van der Waals surface area contributed by atoms with Gasteiger partial charge in [0.2, 0.25) is 0 Å². The number of hydrogen-bond acceptors (Lipinski definition) is 6. The van der Waals surface area contributed by atoms with E-state index >= 15 is 0 Å². The Morgan fingerprint density at radius 2 is 1.97 bits per heavy atom. The minimum atomic E-state index is -0.139. The van der Waals surface area contributed by atoms with Gasteiger partial charge < -0.3 is 15.1 Å². The third-order valence-electron chi connectivity index (χ3n) is 5.57. The molecule has 0 unspecified atom stereocenters. The van der Waals surface area contributed by atoms with Gasteiger partial charge in [0.1, 0.15) is 5.52 Å². The van der Waals surface area contributed by atoms with Crippen LogP contribution in [0.5, 0.6) is 0 Å². The smallest absolute Gasteiger partial charge is 0.276 e. The van der Waals surface area contributed by atoms with Crippen molar-refractivity contribution in [2.24, 2.45) is 7.05 Å². The first-order valence-electron chi connectivity index (χ1n) is 9.69. The molecule has 0 bridgehead atoms. The summed E-state index contributed by atoms with van der Waals surface area (Å²) < 4.78 is 1.37. The van der Waals surface area contributed by atoms with Crippen molar-refractivity contribution in [3.8, 4) is 0 Å². The van der Waals surface area contributed by atoms with Gasteiger partial charge in [-0.25, -0.2) is 4.68 Å². The fourth-order valence-corrected chi connectivity index (χ4v) is 4.09. The average Bonchev–Trinajstić information content (AvgIpc) is 2.72. The molecule has 152 valence electrons. The van der Waals surface area contributed by atoms with E-state index in [9.17, 15) is 4.79 Å². The molecule has 3 aromatic rings. The molecule has 0 spiro atoms. The number of benzene rings is 1. The van der Waals surface area contributed by atoms with Crippen molar-refractivity contribution in [2.45, 2.75) is 18.5 Å². The molecule has 1 saturated heterocycles. The topological polar surface area (TPSA) is 66.3 Å². The number of fused-ring (bicyclic) bond motifs is 1. The van der Waals surface area contributed by atoms with E-state index in [1.54, 1.807) is 25.4 Å². The Hall–Kier alpha value is -2.64. The van der Waals surface area contributed by atoms with Gasteiger partial charge in [-0.05, 0) is 56.9 Å². The number of pyridine rings is 1. The number of aromatic nitrogens is 3. The van der Waals surface area contributed by atoms with Crippen molar-refractivity contribution in [3.63, 3.8) is 0 Å². The quantitative estimate of drug-likeness (QED) is 0.710. The molecule has 1 aliphatic rings. The summed E-state index contributed by atoms with van der Waals surface area (Å²) in [7, 11) is 5.86. The molecule has 8 heteroatoms. The molecule has 0 aliphatic carbocycles. The number of nitrogens with one attached hydrogen (secondary N) is 1. The number of likely N-dealkylation sites (N-methyl/N-ethyl adjacent to an activating group) is 1. The molecular formula is C21H25ClN6O. The van der Waals surface area contributed by atoms with Gasteiger partial charge in [0.25, 0.3) is 5.56 Å². The first kappa shape index (κ1) is 19.7. The Bertz CT molecular complexity index is 1060. The zero-order valence-electron chi connectivity index (χ0n) is 16.8. The molecule has 0 saturated carbocycles. The van der Waals surface area contributed by atoms with E-state index < -0.39 is 0 Å². The fourth-order valence-electron chi connectivity index (χ4n) is 3.97. The van der Waals surface area contributed by atoms with Crippen molar-refractivity contribution in [1.82, 2.24) is 19.7 Å². The summed E-state index contributed by atoms with van der Waals surface area (Å²) >= 11 is 6.04. The van der Waals surface area contributed by atoms with Crippen LogP contribution in [0.25, 0.3) is 10.9 Å². The lowest BCUT2D eigenvalue weighted by Crippen LogP contribution is -2.56. The van der Waals surface area contributed by atoms with E-state index in [4.69, 9.17) is 11.6 Å². The molecule has 2 atom stereocenters. The SMILES string of the molecule is CN(C)[C@H]1CN(c2ccc(Cl)cc2)CC[C@H]1Nc1nn(C)c(=O)c2cccnc12. The van der Waals surface area contributed by atoms with Gasteiger partial charge in [-0.3, -0.25) is 9.78 Å². The van der Waals surface area contributed by atoms with E-state index in [0.717, 1.165) is 24.5 Å². The summed E-state index contributed by atoms with van der Waals surface area (Å²) in [5.74, 6) is 0.652. The number of aryl methyl sites for hydroxylation is 1. The highest BCUT2D eigenvalue weighted by atomic mass is 35.5. The Labute approximate surface area is 174 Å². The van der Waals surface area contributed by atoms with E-state index in [-0.39, 0.29) is 17.6 Å². The number of piperidine rings is 1. The van der Waals surface area contributed by atoms with E-state index in [2.05, 4.69) is 51.4 Å². The van der Waals surface area contributed by atoms with Crippen molar-refractivity contribution in [3.05, 3.63) is 58.0 Å². The van der Waals surface area contributed by atoms with Crippen LogP contribution in [0, 0.1) is 0 Å². The second-order valence-electron chi connectivity index (χ2n) is 7.67. The van der Waals surface area contributed by atoms with Crippen molar-refractivity contribution >= 4 is 34.0 Å². The minimum absolute atomic E-state index is 0.139. The second-order valence-corrected chi connectivity index (χ2v) is 8.11. The zero-order valence-corrected chi connectivity index (χ0v) is 17.6. The second kappa shape index (κ2) is 8.00. The lowest BCUT2D eigenvalue weighted by molar-refractivity contribution is 0.239. The predicted octanol–water partition coefficient (Wildman–Crippen LogP) is 2.60. The number of nitrogens with zero attached hydrogens (tertiary/aromatic N) is 5. The average molecular weight is 413 g/mol. The molecule has 1 aromatic carbocycles. The Morgan fingerprint density at radius 1 is 1.21 bits per heavy atom. The summed E-state index contributed by atoms with van der Waals surface area (Å²) in [6.45, 7) is 1.80. The molecule has 1 N–H and O–H groups in total. The van der Waals surface area contributed by atoms with E-state index in [1.807, 2.05) is 12.1 Å². The largest absolute Gasteiger partial charge is 0.370 e. The highest BCUT2D eigenvalue weighted by Crippen LogP contribution is 2.26. The normalized spacial score (nSPS) is 19.7. The summed E-state index contributed by atoms with van der Waals surface area (Å²) in [6.07, 6.45) is 2.63. The lowest BCUT2D eigenvalue weighted by atomic mass is 9.97. The number of hydrogen-bond donors (Lipinski definition) is 1. The van der Waals surface area contributed by atoms with Crippen molar-refractivity contribution < 1.29 is 0 Å². The standard InChI is InChI=1S/C21H25ClN6O/c1-26(2)18-13-28(15-8-6-14(22)7-9-15)12-10-17(18)24-20-19-16(5-4-11-23-19)21(29)27(3)25-20/h4-9,11,17-18H,10,12-13H2,1-3H3,(H,24,25)/t17-,18+/m1/s1. The molecule has 4 rings (SSSR count). The van der Waals surface area contributed by atoms with Crippen LogP contribution >= 0.6 is 11.6 Å². The van der Waals surface area contributed by atoms with Crippen LogP contribution < -0.4 is 15.8 Å². The van der Waals surface area contributed by atoms with Crippen LogP contribution in [-0.2, 0) is 7.05 Å². The third-order valence-corrected chi connectivity index (χ3v) is 5.82. The molecule has 1 fully saturated rings. The fraction of sp³-hybridized carbons (Fsp3) is 0.381. The molecule has 1 aliphatic heterocycles. The molecular weight excluding hydrogens is 388 g/mol. The summed E-state index contributed by atoms with van der Waals surface area (Å²) in [5, 5.41) is 9.36. The highest BCUT2D eigenvalue weighted by Gasteiger charge is 2.31. The highest BCUT2D eigenvalue weighted by molar-refractivity contribution is 6.30. The minimum Gasteiger partial charge on any atom is -0.370 e. The van der Waals surface area contributed by atoms with Gasteiger partial charge in [0.05, 0.1) is 5.39 Å². The predicted molar refractivity (Wildman–Crippen MR) is 118 cm³/mol. The first-order chi connectivity index (χ1) is 13.9.